The minimum absolute atomic E-state index is 0.166. The molecule has 2 aromatic rings. The van der Waals surface area contributed by atoms with E-state index < -0.39 is 11.7 Å². The van der Waals surface area contributed by atoms with Crippen LogP contribution in [0.4, 0.5) is 15.3 Å². The monoisotopic (exact) mass is 311 g/mol. The van der Waals surface area contributed by atoms with Gasteiger partial charge >= 0.3 is 0 Å². The molecule has 104 valence electrons. The van der Waals surface area contributed by atoms with Crippen molar-refractivity contribution in [2.75, 3.05) is 17.7 Å². The highest BCUT2D eigenvalue weighted by Crippen LogP contribution is 2.44. The van der Waals surface area contributed by atoms with E-state index in [0.29, 0.717) is 21.5 Å². The number of carbonyl (C=O) groups excluding carboxylic acids is 1. The maximum absolute atomic E-state index is 14.1. The summed E-state index contributed by atoms with van der Waals surface area (Å²) in [5, 5.41) is 6.64. The summed E-state index contributed by atoms with van der Waals surface area (Å²) in [5.41, 5.74) is 0.358. The molecule has 20 heavy (non-hydrogen) atoms. The van der Waals surface area contributed by atoms with Crippen LogP contribution in [0.5, 0.6) is 0 Å². The van der Waals surface area contributed by atoms with Gasteiger partial charge in [-0.15, -0.1) is 0 Å². The molecule has 0 saturated heterocycles. The van der Waals surface area contributed by atoms with E-state index in [0.717, 1.165) is 4.88 Å². The molecular formula is C13H11ClFN3OS. The second kappa shape index (κ2) is 5.03. The second-order valence-electron chi connectivity index (χ2n) is 4.42. The van der Waals surface area contributed by atoms with Gasteiger partial charge in [0.05, 0.1) is 4.88 Å². The average Bonchev–Trinajstić information content (AvgIpc) is 2.81. The third kappa shape index (κ3) is 2.14. The van der Waals surface area contributed by atoms with Crippen molar-refractivity contribution in [3.05, 3.63) is 39.5 Å². The molecule has 1 aromatic heterocycles. The van der Waals surface area contributed by atoms with Crippen molar-refractivity contribution in [2.24, 2.45) is 0 Å². The van der Waals surface area contributed by atoms with Gasteiger partial charge in [0.25, 0.3) is 0 Å². The molecule has 1 aliphatic rings. The number of hydrogen-bond donors (Lipinski definition) is 2. The first-order valence-corrected chi connectivity index (χ1v) is 7.22. The maximum atomic E-state index is 14.1. The highest BCUT2D eigenvalue weighted by atomic mass is 35.5. The maximum Gasteiger partial charge on any atom is 0.226 e. The SMILES string of the molecule is CNc1nc2c(s1)[C@H](c1c(F)cccc1Cl)CC(=O)N2. The largest absolute Gasteiger partial charge is 0.365 e. The van der Waals surface area contributed by atoms with Gasteiger partial charge in [-0.2, -0.15) is 0 Å². The molecule has 1 atom stereocenters. The van der Waals surface area contributed by atoms with E-state index in [2.05, 4.69) is 15.6 Å². The molecule has 0 radical (unpaired) electrons. The molecule has 4 nitrogen and oxygen atoms in total. The van der Waals surface area contributed by atoms with Crippen molar-refractivity contribution in [1.29, 1.82) is 0 Å². The molecule has 1 amide bonds. The summed E-state index contributed by atoms with van der Waals surface area (Å²) in [7, 11) is 1.75. The molecule has 7 heteroatoms. The van der Waals surface area contributed by atoms with E-state index in [4.69, 9.17) is 11.6 Å². The molecule has 2 heterocycles. The van der Waals surface area contributed by atoms with Crippen LogP contribution in [-0.2, 0) is 4.79 Å². The van der Waals surface area contributed by atoms with Crippen LogP contribution in [0, 0.1) is 5.82 Å². The van der Waals surface area contributed by atoms with Gasteiger partial charge in [0, 0.05) is 30.0 Å². The number of thiazole rings is 1. The minimum Gasteiger partial charge on any atom is -0.365 e. The van der Waals surface area contributed by atoms with Gasteiger partial charge in [0.15, 0.2) is 5.13 Å². The van der Waals surface area contributed by atoms with Crippen molar-refractivity contribution in [1.82, 2.24) is 4.98 Å². The highest BCUT2D eigenvalue weighted by molar-refractivity contribution is 7.16. The molecule has 0 saturated carbocycles. The lowest BCUT2D eigenvalue weighted by Gasteiger charge is -2.22. The normalized spacial score (nSPS) is 17.6. The second-order valence-corrected chi connectivity index (χ2v) is 5.86. The zero-order valence-electron chi connectivity index (χ0n) is 10.5. The summed E-state index contributed by atoms with van der Waals surface area (Å²) in [5.74, 6) is -0.496. The molecule has 0 aliphatic carbocycles. The van der Waals surface area contributed by atoms with Crippen LogP contribution in [-0.4, -0.2) is 17.9 Å². The first-order chi connectivity index (χ1) is 9.60. The van der Waals surface area contributed by atoms with Crippen molar-refractivity contribution < 1.29 is 9.18 Å². The van der Waals surface area contributed by atoms with Gasteiger partial charge in [-0.3, -0.25) is 4.79 Å². The quantitative estimate of drug-likeness (QED) is 0.893. The Hall–Kier alpha value is -1.66. The van der Waals surface area contributed by atoms with E-state index in [-0.39, 0.29) is 12.3 Å². The summed E-state index contributed by atoms with van der Waals surface area (Å²) in [6.45, 7) is 0. The average molecular weight is 312 g/mol. The van der Waals surface area contributed by atoms with Crippen LogP contribution in [0.2, 0.25) is 5.02 Å². The zero-order chi connectivity index (χ0) is 14.3. The number of aromatic nitrogens is 1. The molecule has 1 aliphatic heterocycles. The molecule has 0 bridgehead atoms. The zero-order valence-corrected chi connectivity index (χ0v) is 12.1. The van der Waals surface area contributed by atoms with Gasteiger partial charge in [-0.25, -0.2) is 9.37 Å². The van der Waals surface area contributed by atoms with E-state index in [1.165, 1.54) is 17.4 Å². The number of benzene rings is 1. The number of fused-ring (bicyclic) bond motifs is 1. The summed E-state index contributed by atoms with van der Waals surface area (Å²) in [4.78, 5) is 16.9. The highest BCUT2D eigenvalue weighted by Gasteiger charge is 2.33. The van der Waals surface area contributed by atoms with E-state index >= 15 is 0 Å². The number of hydrogen-bond acceptors (Lipinski definition) is 4. The Morgan fingerprint density at radius 3 is 3.05 bits per heavy atom. The molecule has 0 unspecified atom stereocenters. The first kappa shape index (κ1) is 13.3. The minimum atomic E-state index is -0.400. The standard InChI is InChI=1S/C13H11ClFN3OS/c1-16-13-18-12-11(20-13)6(5-9(19)17-12)10-7(14)3-2-4-8(10)15/h2-4,6H,5H2,1H3,(H,16,18)(H,17,19)/t6-/m0/s1. The van der Waals surface area contributed by atoms with E-state index in [9.17, 15) is 9.18 Å². The van der Waals surface area contributed by atoms with Crippen molar-refractivity contribution in [3.8, 4) is 0 Å². The molecule has 1 aromatic carbocycles. The van der Waals surface area contributed by atoms with Crippen LogP contribution >= 0.6 is 22.9 Å². The van der Waals surface area contributed by atoms with Crippen molar-refractivity contribution in [2.45, 2.75) is 12.3 Å². The van der Waals surface area contributed by atoms with Gasteiger partial charge in [-0.05, 0) is 12.1 Å². The Balaban J connectivity index is 2.15. The van der Waals surface area contributed by atoms with Crippen LogP contribution in [0.3, 0.4) is 0 Å². The van der Waals surface area contributed by atoms with Crippen LogP contribution in [0.25, 0.3) is 0 Å². The Morgan fingerprint density at radius 2 is 2.35 bits per heavy atom. The summed E-state index contributed by atoms with van der Waals surface area (Å²) in [6, 6.07) is 4.54. The Morgan fingerprint density at radius 1 is 1.55 bits per heavy atom. The number of amides is 1. The lowest BCUT2D eigenvalue weighted by atomic mass is 9.91. The fraction of sp³-hybridized carbons (Fsp3) is 0.231. The number of nitrogens with one attached hydrogen (secondary N) is 2. The van der Waals surface area contributed by atoms with Gasteiger partial charge < -0.3 is 10.6 Å². The van der Waals surface area contributed by atoms with Gasteiger partial charge in [0.1, 0.15) is 11.6 Å². The van der Waals surface area contributed by atoms with E-state index in [1.807, 2.05) is 0 Å². The smallest absolute Gasteiger partial charge is 0.226 e. The fourth-order valence-corrected chi connectivity index (χ4v) is 3.58. The molecule has 0 fully saturated rings. The number of rotatable bonds is 2. The van der Waals surface area contributed by atoms with E-state index in [1.54, 1.807) is 19.2 Å². The molecule has 3 rings (SSSR count). The van der Waals surface area contributed by atoms with Crippen LogP contribution < -0.4 is 10.6 Å². The third-order valence-corrected chi connectivity index (χ3v) is 4.70. The topological polar surface area (TPSA) is 54.0 Å². The van der Waals surface area contributed by atoms with Crippen LogP contribution in [0.15, 0.2) is 18.2 Å². The Bertz CT molecular complexity index is 668. The molecular weight excluding hydrogens is 301 g/mol. The van der Waals surface area contributed by atoms with Crippen molar-refractivity contribution in [3.63, 3.8) is 0 Å². The molecule has 2 N–H and O–H groups in total. The predicted molar refractivity (Wildman–Crippen MR) is 78.2 cm³/mol. The fourth-order valence-electron chi connectivity index (χ4n) is 2.30. The number of anilines is 2. The summed E-state index contributed by atoms with van der Waals surface area (Å²) in [6.07, 6.45) is 0.166. The number of nitrogens with zero attached hydrogens (tertiary/aromatic N) is 1. The Kier molecular flexibility index (Phi) is 3.35. The third-order valence-electron chi connectivity index (χ3n) is 3.18. The van der Waals surface area contributed by atoms with Gasteiger partial charge in [-0.1, -0.05) is 29.0 Å². The lowest BCUT2D eigenvalue weighted by molar-refractivity contribution is -0.116. The lowest BCUT2D eigenvalue weighted by Crippen LogP contribution is -2.23. The summed E-state index contributed by atoms with van der Waals surface area (Å²) < 4.78 is 14.1. The number of halogens is 2. The number of carbonyl (C=O) groups is 1. The predicted octanol–water partition coefficient (Wildman–Crippen LogP) is 3.45. The van der Waals surface area contributed by atoms with Crippen molar-refractivity contribution >= 4 is 39.8 Å². The summed E-state index contributed by atoms with van der Waals surface area (Å²) >= 11 is 7.51. The first-order valence-electron chi connectivity index (χ1n) is 6.02. The van der Waals surface area contributed by atoms with Crippen LogP contribution in [0.1, 0.15) is 22.8 Å². The Labute approximate surface area is 124 Å². The van der Waals surface area contributed by atoms with Gasteiger partial charge in [0.2, 0.25) is 5.91 Å². The molecule has 0 spiro atoms.